The molecule has 0 aromatic rings. The first kappa shape index (κ1) is 22.7. The Labute approximate surface area is 160 Å². The first-order chi connectivity index (χ1) is 12.7. The highest BCUT2D eigenvalue weighted by molar-refractivity contribution is 5.84. The Kier molecular flexibility index (Phi) is 12.9. The van der Waals surface area contributed by atoms with Crippen molar-refractivity contribution >= 4 is 11.9 Å². The molecule has 150 valence electrons. The zero-order valence-electron chi connectivity index (χ0n) is 17.0. The van der Waals surface area contributed by atoms with Crippen LogP contribution < -0.4 is 0 Å². The van der Waals surface area contributed by atoms with Crippen LogP contribution in [0.3, 0.4) is 0 Å². The average molecular weight is 366 g/mol. The highest BCUT2D eigenvalue weighted by Gasteiger charge is 2.34. The van der Waals surface area contributed by atoms with Crippen LogP contribution in [0.15, 0.2) is 12.2 Å². The van der Waals surface area contributed by atoms with E-state index in [1.54, 1.807) is 4.90 Å². The summed E-state index contributed by atoms with van der Waals surface area (Å²) in [5.74, 6) is -0.202. The van der Waals surface area contributed by atoms with Gasteiger partial charge in [0.25, 0.3) is 0 Å². The van der Waals surface area contributed by atoms with Crippen LogP contribution in [0.1, 0.15) is 104 Å². The minimum absolute atomic E-state index is 0.0669. The van der Waals surface area contributed by atoms with Crippen LogP contribution in [0.2, 0.25) is 0 Å². The third kappa shape index (κ3) is 9.98. The second-order valence-electron chi connectivity index (χ2n) is 7.38. The predicted octanol–water partition coefficient (Wildman–Crippen LogP) is 5.76. The largest absolute Gasteiger partial charge is 0.440 e. The zero-order valence-corrected chi connectivity index (χ0v) is 17.0. The maximum Gasteiger partial charge on any atom is 0.327 e. The standard InChI is InChI=1S/C22H39NO3/c1-3-5-7-9-10-11-12-14-16-18-21-23(19-22(25)26-21)20(24)17-15-13-8-6-4-2/h12,14,21H,3-11,13,15-19H2,1-2H3. The molecule has 0 radical (unpaired) electrons. The molecule has 0 aliphatic carbocycles. The maximum absolute atomic E-state index is 12.4. The summed E-state index contributed by atoms with van der Waals surface area (Å²) in [6.45, 7) is 4.54. The van der Waals surface area contributed by atoms with Crippen molar-refractivity contribution in [3.63, 3.8) is 0 Å². The smallest absolute Gasteiger partial charge is 0.327 e. The van der Waals surface area contributed by atoms with Crippen LogP contribution in [-0.2, 0) is 14.3 Å². The fraction of sp³-hybridized carbons (Fsp3) is 0.818. The van der Waals surface area contributed by atoms with Crippen LogP contribution in [0.25, 0.3) is 0 Å². The van der Waals surface area contributed by atoms with Gasteiger partial charge in [0.05, 0.1) is 0 Å². The molecule has 4 nitrogen and oxygen atoms in total. The second kappa shape index (κ2) is 14.8. The Hall–Kier alpha value is -1.32. The molecule has 4 heteroatoms. The summed E-state index contributed by atoms with van der Waals surface area (Å²) in [5, 5.41) is 0. The van der Waals surface area contributed by atoms with E-state index in [2.05, 4.69) is 26.0 Å². The summed E-state index contributed by atoms with van der Waals surface area (Å²) in [6.07, 6.45) is 19.4. The zero-order chi connectivity index (χ0) is 19.0. The summed E-state index contributed by atoms with van der Waals surface area (Å²) in [4.78, 5) is 25.6. The number of carbonyl (C=O) groups is 2. The van der Waals surface area contributed by atoms with Crippen LogP contribution in [-0.4, -0.2) is 29.5 Å². The molecule has 0 spiro atoms. The molecule has 0 aromatic carbocycles. The van der Waals surface area contributed by atoms with Gasteiger partial charge in [0.2, 0.25) is 5.91 Å². The molecule has 0 bridgehead atoms. The van der Waals surface area contributed by atoms with Gasteiger partial charge in [-0.25, -0.2) is 0 Å². The number of amides is 1. The van der Waals surface area contributed by atoms with Gasteiger partial charge in [0.15, 0.2) is 6.23 Å². The monoisotopic (exact) mass is 365 g/mol. The molecule has 1 unspecified atom stereocenters. The molecule has 1 fully saturated rings. The van der Waals surface area contributed by atoms with Gasteiger partial charge in [-0.3, -0.25) is 14.5 Å². The molecule has 26 heavy (non-hydrogen) atoms. The van der Waals surface area contributed by atoms with Gasteiger partial charge in [0, 0.05) is 12.8 Å². The molecule has 1 aliphatic rings. The number of hydrogen-bond acceptors (Lipinski definition) is 3. The third-order valence-corrected chi connectivity index (χ3v) is 4.95. The summed E-state index contributed by atoms with van der Waals surface area (Å²) in [5.41, 5.74) is 0. The normalized spacial score (nSPS) is 17.2. The Morgan fingerprint density at radius 3 is 2.27 bits per heavy atom. The van der Waals surface area contributed by atoms with E-state index in [4.69, 9.17) is 4.74 Å². The van der Waals surface area contributed by atoms with E-state index in [9.17, 15) is 9.59 Å². The quantitative estimate of drug-likeness (QED) is 0.211. The molecule has 1 heterocycles. The number of hydrogen-bond donors (Lipinski definition) is 0. The Morgan fingerprint density at radius 1 is 0.962 bits per heavy atom. The van der Waals surface area contributed by atoms with E-state index < -0.39 is 0 Å². The number of ether oxygens (including phenoxy) is 1. The van der Waals surface area contributed by atoms with Crippen molar-refractivity contribution in [3.05, 3.63) is 12.2 Å². The minimum Gasteiger partial charge on any atom is -0.440 e. The third-order valence-electron chi connectivity index (χ3n) is 4.95. The lowest BCUT2D eigenvalue weighted by Gasteiger charge is -2.21. The summed E-state index contributed by atoms with van der Waals surface area (Å²) in [6, 6.07) is 0. The van der Waals surface area contributed by atoms with Crippen molar-refractivity contribution in [2.75, 3.05) is 6.54 Å². The van der Waals surface area contributed by atoms with Crippen LogP contribution >= 0.6 is 0 Å². The van der Waals surface area contributed by atoms with Gasteiger partial charge >= 0.3 is 5.97 Å². The molecule has 1 rings (SSSR count). The van der Waals surface area contributed by atoms with Gasteiger partial charge in [-0.05, 0) is 25.7 Å². The van der Waals surface area contributed by atoms with Gasteiger partial charge < -0.3 is 4.74 Å². The van der Waals surface area contributed by atoms with Crippen molar-refractivity contribution in [2.24, 2.45) is 0 Å². The van der Waals surface area contributed by atoms with Crippen LogP contribution in [0, 0.1) is 0 Å². The number of cyclic esters (lactones) is 1. The molecule has 1 aliphatic heterocycles. The second-order valence-corrected chi connectivity index (χ2v) is 7.38. The highest BCUT2D eigenvalue weighted by Crippen LogP contribution is 2.19. The van der Waals surface area contributed by atoms with Gasteiger partial charge in [-0.1, -0.05) is 77.4 Å². The molecular formula is C22H39NO3. The van der Waals surface area contributed by atoms with Crippen molar-refractivity contribution in [3.8, 4) is 0 Å². The lowest BCUT2D eigenvalue weighted by molar-refractivity contribution is -0.143. The van der Waals surface area contributed by atoms with Crippen molar-refractivity contribution < 1.29 is 14.3 Å². The minimum atomic E-state index is -0.361. The van der Waals surface area contributed by atoms with E-state index in [-0.39, 0.29) is 24.6 Å². The number of rotatable bonds is 15. The first-order valence-corrected chi connectivity index (χ1v) is 10.8. The van der Waals surface area contributed by atoms with E-state index in [1.807, 2.05) is 0 Å². The van der Waals surface area contributed by atoms with Crippen LogP contribution in [0.4, 0.5) is 0 Å². The molecule has 0 aromatic heterocycles. The number of esters is 1. The van der Waals surface area contributed by atoms with E-state index >= 15 is 0 Å². The van der Waals surface area contributed by atoms with Crippen LogP contribution in [0.5, 0.6) is 0 Å². The maximum atomic E-state index is 12.4. The van der Waals surface area contributed by atoms with E-state index in [0.717, 1.165) is 25.7 Å². The molecule has 1 amide bonds. The lowest BCUT2D eigenvalue weighted by atomic mass is 10.1. The average Bonchev–Trinajstić information content (AvgIpc) is 3.00. The molecule has 0 saturated carbocycles. The Balaban J connectivity index is 2.20. The molecular weight excluding hydrogens is 326 g/mol. The summed E-state index contributed by atoms with van der Waals surface area (Å²) in [7, 11) is 0. The number of nitrogens with zero attached hydrogens (tertiary/aromatic N) is 1. The Bertz CT molecular complexity index is 420. The van der Waals surface area contributed by atoms with Crippen molar-refractivity contribution in [1.29, 1.82) is 0 Å². The highest BCUT2D eigenvalue weighted by atomic mass is 16.6. The first-order valence-electron chi connectivity index (χ1n) is 10.8. The van der Waals surface area contributed by atoms with Gasteiger partial charge in [0.1, 0.15) is 6.54 Å². The number of carbonyl (C=O) groups excluding carboxylic acids is 2. The van der Waals surface area contributed by atoms with Gasteiger partial charge in [-0.15, -0.1) is 0 Å². The number of unbranched alkanes of at least 4 members (excludes halogenated alkanes) is 9. The van der Waals surface area contributed by atoms with Crippen molar-refractivity contribution in [2.45, 2.75) is 110 Å². The van der Waals surface area contributed by atoms with Gasteiger partial charge in [-0.2, -0.15) is 0 Å². The summed E-state index contributed by atoms with van der Waals surface area (Å²) < 4.78 is 5.34. The number of allylic oxidation sites excluding steroid dienone is 2. The fourth-order valence-corrected chi connectivity index (χ4v) is 3.32. The van der Waals surface area contributed by atoms with Crippen molar-refractivity contribution in [1.82, 2.24) is 4.90 Å². The lowest BCUT2D eigenvalue weighted by Crippen LogP contribution is -2.36. The summed E-state index contributed by atoms with van der Waals surface area (Å²) >= 11 is 0. The predicted molar refractivity (Wildman–Crippen MR) is 107 cm³/mol. The molecule has 1 atom stereocenters. The molecule has 0 N–H and O–H groups in total. The van der Waals surface area contributed by atoms with E-state index in [0.29, 0.717) is 12.8 Å². The molecule has 1 saturated heterocycles. The van der Waals surface area contributed by atoms with E-state index in [1.165, 1.54) is 51.4 Å². The topological polar surface area (TPSA) is 46.6 Å². The Morgan fingerprint density at radius 2 is 1.58 bits per heavy atom. The SMILES string of the molecule is CCCCCCCC=CCCC1OC(=O)CN1C(=O)CCCCCCC. The fourth-order valence-electron chi connectivity index (χ4n) is 3.32.